The maximum atomic E-state index is 11.2. The molecular weight excluding hydrogens is 174 g/mol. The number of carbonyl (C=O) groups is 1. The van der Waals surface area contributed by atoms with E-state index in [1.54, 1.807) is 7.05 Å². The molecular formula is C7H13N3OS. The molecule has 4 nitrogen and oxygen atoms in total. The monoisotopic (exact) mass is 187 g/mol. The van der Waals surface area contributed by atoms with Gasteiger partial charge in [-0.05, 0) is 12.8 Å². The predicted molar refractivity (Wildman–Crippen MR) is 51.0 cm³/mol. The third-order valence-electron chi connectivity index (χ3n) is 1.64. The Bertz CT molecular complexity index is 203. The maximum absolute atomic E-state index is 11.2. The summed E-state index contributed by atoms with van der Waals surface area (Å²) in [6.07, 6.45) is 2.18. The highest BCUT2D eigenvalue weighted by atomic mass is 32.1. The van der Waals surface area contributed by atoms with Gasteiger partial charge in [0.05, 0.1) is 11.5 Å². The van der Waals surface area contributed by atoms with Crippen molar-refractivity contribution < 1.29 is 4.79 Å². The van der Waals surface area contributed by atoms with Crippen LogP contribution in [-0.4, -0.2) is 35.6 Å². The van der Waals surface area contributed by atoms with E-state index >= 15 is 0 Å². The molecule has 0 atom stereocenters. The van der Waals surface area contributed by atoms with Crippen LogP contribution in [0, 0.1) is 0 Å². The molecule has 1 aliphatic rings. The standard InChI is InChI=1S/C7H13N3OS/c1-10(4-6(8)12)7(11)9-5-2-3-5/h5H,2-4H2,1H3,(H2,8,12)(H,9,11). The van der Waals surface area contributed by atoms with E-state index in [4.69, 9.17) is 5.73 Å². The third-order valence-corrected chi connectivity index (χ3v) is 1.77. The van der Waals surface area contributed by atoms with Crippen molar-refractivity contribution in [3.05, 3.63) is 0 Å². The first kappa shape index (κ1) is 9.25. The second kappa shape index (κ2) is 3.71. The lowest BCUT2D eigenvalue weighted by Gasteiger charge is -2.16. The van der Waals surface area contributed by atoms with Gasteiger partial charge in [0, 0.05) is 13.1 Å². The number of nitrogens with one attached hydrogen (secondary N) is 1. The van der Waals surface area contributed by atoms with Crippen LogP contribution in [0.5, 0.6) is 0 Å². The lowest BCUT2D eigenvalue weighted by molar-refractivity contribution is 0.214. The fraction of sp³-hybridized carbons (Fsp3) is 0.714. The molecule has 0 aromatic rings. The van der Waals surface area contributed by atoms with Gasteiger partial charge in [-0.25, -0.2) is 4.79 Å². The molecule has 12 heavy (non-hydrogen) atoms. The molecule has 1 aliphatic carbocycles. The summed E-state index contributed by atoms with van der Waals surface area (Å²) in [5.74, 6) is 0. The van der Waals surface area contributed by atoms with Gasteiger partial charge in [0.2, 0.25) is 0 Å². The molecule has 1 rings (SSSR count). The number of urea groups is 1. The largest absolute Gasteiger partial charge is 0.392 e. The van der Waals surface area contributed by atoms with Crippen LogP contribution in [0.1, 0.15) is 12.8 Å². The van der Waals surface area contributed by atoms with Crippen molar-refractivity contribution in [2.24, 2.45) is 5.73 Å². The number of rotatable bonds is 3. The SMILES string of the molecule is CN(CC(N)=S)C(=O)NC1CC1. The molecule has 2 amide bonds. The van der Waals surface area contributed by atoms with Crippen molar-refractivity contribution >= 4 is 23.2 Å². The lowest BCUT2D eigenvalue weighted by Crippen LogP contribution is -2.42. The first-order valence-electron chi connectivity index (χ1n) is 3.89. The molecule has 5 heteroatoms. The lowest BCUT2D eigenvalue weighted by atomic mass is 10.5. The number of nitrogens with two attached hydrogens (primary N) is 1. The molecule has 0 aliphatic heterocycles. The Kier molecular flexibility index (Phi) is 2.86. The van der Waals surface area contributed by atoms with Gasteiger partial charge in [0.1, 0.15) is 0 Å². The first-order valence-corrected chi connectivity index (χ1v) is 4.30. The minimum absolute atomic E-state index is 0.0923. The Hall–Kier alpha value is -0.840. The maximum Gasteiger partial charge on any atom is 0.317 e. The van der Waals surface area contributed by atoms with Crippen LogP contribution in [0.15, 0.2) is 0 Å². The minimum Gasteiger partial charge on any atom is -0.392 e. The van der Waals surface area contributed by atoms with Gasteiger partial charge in [0.15, 0.2) is 0 Å². The zero-order valence-electron chi connectivity index (χ0n) is 7.04. The molecule has 3 N–H and O–H groups in total. The summed E-state index contributed by atoms with van der Waals surface area (Å²) in [6, 6.07) is 0.289. The number of likely N-dealkylation sites (N-methyl/N-ethyl adjacent to an activating group) is 1. The van der Waals surface area contributed by atoms with Crippen LogP contribution in [-0.2, 0) is 0 Å². The number of hydrogen-bond acceptors (Lipinski definition) is 2. The van der Waals surface area contributed by atoms with Crippen LogP contribution in [0.3, 0.4) is 0 Å². The molecule has 0 heterocycles. The van der Waals surface area contributed by atoms with E-state index in [1.165, 1.54) is 4.90 Å². The molecule has 0 radical (unpaired) electrons. The van der Waals surface area contributed by atoms with E-state index in [-0.39, 0.29) is 6.03 Å². The summed E-state index contributed by atoms with van der Waals surface area (Å²) in [7, 11) is 1.68. The van der Waals surface area contributed by atoms with Crippen molar-refractivity contribution in [3.63, 3.8) is 0 Å². The van der Waals surface area contributed by atoms with Gasteiger partial charge in [-0.1, -0.05) is 12.2 Å². The predicted octanol–water partition coefficient (Wildman–Crippen LogP) is 0.0763. The molecule has 0 aromatic heterocycles. The van der Waals surface area contributed by atoms with E-state index in [0.29, 0.717) is 17.6 Å². The van der Waals surface area contributed by atoms with Crippen molar-refractivity contribution in [2.75, 3.05) is 13.6 Å². The highest BCUT2D eigenvalue weighted by molar-refractivity contribution is 7.80. The molecule has 1 saturated carbocycles. The Morgan fingerprint density at radius 2 is 2.33 bits per heavy atom. The van der Waals surface area contributed by atoms with Gasteiger partial charge < -0.3 is 16.0 Å². The van der Waals surface area contributed by atoms with Gasteiger partial charge in [-0.3, -0.25) is 0 Å². The van der Waals surface area contributed by atoms with Crippen molar-refractivity contribution in [2.45, 2.75) is 18.9 Å². The van der Waals surface area contributed by atoms with Gasteiger partial charge >= 0.3 is 6.03 Å². The number of thiocarbonyl (C=S) groups is 1. The van der Waals surface area contributed by atoms with Crippen molar-refractivity contribution in [1.82, 2.24) is 10.2 Å². The fourth-order valence-electron chi connectivity index (χ4n) is 0.818. The number of nitrogens with zero attached hydrogens (tertiary/aromatic N) is 1. The van der Waals surface area contributed by atoms with E-state index in [2.05, 4.69) is 17.5 Å². The highest BCUT2D eigenvalue weighted by Gasteiger charge is 2.24. The topological polar surface area (TPSA) is 58.4 Å². The summed E-state index contributed by atoms with van der Waals surface area (Å²) in [5.41, 5.74) is 5.29. The average Bonchev–Trinajstić information content (AvgIpc) is 2.70. The van der Waals surface area contributed by atoms with E-state index < -0.39 is 0 Å². The van der Waals surface area contributed by atoms with Gasteiger partial charge in [-0.2, -0.15) is 0 Å². The van der Waals surface area contributed by atoms with Gasteiger partial charge in [0.25, 0.3) is 0 Å². The summed E-state index contributed by atoms with van der Waals surface area (Å²) in [5, 5.41) is 2.83. The number of amides is 2. The Balaban J connectivity index is 2.24. The third kappa shape index (κ3) is 3.04. The zero-order valence-corrected chi connectivity index (χ0v) is 7.86. The van der Waals surface area contributed by atoms with Crippen molar-refractivity contribution in [3.8, 4) is 0 Å². The molecule has 0 aromatic carbocycles. The quantitative estimate of drug-likeness (QED) is 0.615. The number of hydrogen-bond donors (Lipinski definition) is 2. The molecule has 0 saturated heterocycles. The Labute approximate surface area is 77.1 Å². The van der Waals surface area contributed by atoms with E-state index in [0.717, 1.165) is 12.8 Å². The summed E-state index contributed by atoms with van der Waals surface area (Å²) < 4.78 is 0. The zero-order chi connectivity index (χ0) is 9.14. The van der Waals surface area contributed by atoms with Crippen LogP contribution >= 0.6 is 12.2 Å². The number of carbonyl (C=O) groups excluding carboxylic acids is 1. The minimum atomic E-state index is -0.0923. The summed E-state index contributed by atoms with van der Waals surface area (Å²) >= 11 is 4.68. The highest BCUT2D eigenvalue weighted by Crippen LogP contribution is 2.18. The molecule has 0 unspecified atom stereocenters. The van der Waals surface area contributed by atoms with Crippen LogP contribution in [0.4, 0.5) is 4.79 Å². The smallest absolute Gasteiger partial charge is 0.317 e. The molecule has 0 bridgehead atoms. The molecule has 68 valence electrons. The molecule has 0 spiro atoms. The Morgan fingerprint density at radius 3 is 2.75 bits per heavy atom. The normalized spacial score (nSPS) is 15.4. The van der Waals surface area contributed by atoms with Crippen molar-refractivity contribution in [1.29, 1.82) is 0 Å². The van der Waals surface area contributed by atoms with Crippen LogP contribution in [0.2, 0.25) is 0 Å². The fourth-order valence-corrected chi connectivity index (χ4v) is 1.01. The Morgan fingerprint density at radius 1 is 1.75 bits per heavy atom. The van der Waals surface area contributed by atoms with Gasteiger partial charge in [-0.15, -0.1) is 0 Å². The summed E-state index contributed by atoms with van der Waals surface area (Å²) in [4.78, 5) is 13.1. The first-order chi connectivity index (χ1) is 5.59. The summed E-state index contributed by atoms with van der Waals surface area (Å²) in [6.45, 7) is 0.341. The second-order valence-corrected chi connectivity index (χ2v) is 3.57. The second-order valence-electron chi connectivity index (χ2n) is 3.05. The van der Waals surface area contributed by atoms with Crippen LogP contribution < -0.4 is 11.1 Å². The average molecular weight is 187 g/mol. The van der Waals surface area contributed by atoms with Crippen LogP contribution in [0.25, 0.3) is 0 Å². The van der Waals surface area contributed by atoms with E-state index in [1.807, 2.05) is 0 Å². The molecule has 1 fully saturated rings. The van der Waals surface area contributed by atoms with E-state index in [9.17, 15) is 4.79 Å².